The molecule has 0 atom stereocenters. The maximum Gasteiger partial charge on any atom is 0.343 e. The lowest BCUT2D eigenvalue weighted by atomic mass is 10.0. The summed E-state index contributed by atoms with van der Waals surface area (Å²) in [6, 6.07) is 26.9. The first kappa shape index (κ1) is 22.6. The van der Waals surface area contributed by atoms with Crippen molar-refractivity contribution in [2.24, 2.45) is 0 Å². The van der Waals surface area contributed by atoms with Crippen molar-refractivity contribution in [2.45, 2.75) is 13.8 Å². The average Bonchev–Trinajstić information content (AvgIpc) is 2.86. The van der Waals surface area contributed by atoms with E-state index in [4.69, 9.17) is 21.1 Å². The number of esters is 2. The molecule has 0 N–H and O–H groups in total. The van der Waals surface area contributed by atoms with Gasteiger partial charge in [-0.05, 0) is 56.3 Å². The first-order valence-electron chi connectivity index (χ1n) is 11.1. The fourth-order valence-electron chi connectivity index (χ4n) is 3.97. The van der Waals surface area contributed by atoms with Gasteiger partial charge in [0.1, 0.15) is 11.5 Å². The normalized spacial score (nSPS) is 10.9. The van der Waals surface area contributed by atoms with E-state index in [2.05, 4.69) is 0 Å². The molecule has 5 rings (SSSR count). The van der Waals surface area contributed by atoms with E-state index in [0.717, 1.165) is 11.1 Å². The molecule has 0 saturated heterocycles. The van der Waals surface area contributed by atoms with E-state index >= 15 is 0 Å². The number of halogens is 1. The molecule has 0 aliphatic carbocycles. The topological polar surface area (TPSA) is 52.6 Å². The molecule has 172 valence electrons. The molecular weight excluding hydrogens is 460 g/mol. The zero-order valence-electron chi connectivity index (χ0n) is 19.2. The van der Waals surface area contributed by atoms with E-state index in [1.54, 1.807) is 42.5 Å². The Balaban J connectivity index is 1.66. The molecule has 0 amide bonds. The van der Waals surface area contributed by atoms with Crippen molar-refractivity contribution in [1.29, 1.82) is 0 Å². The predicted octanol–water partition coefficient (Wildman–Crippen LogP) is 7.70. The van der Waals surface area contributed by atoms with Crippen molar-refractivity contribution in [3.05, 3.63) is 118 Å². The standard InChI is InChI=1S/C30H21ClO4/c1-18-7-11-20(12-8-18)29(32)34-27-23-5-3-4-6-24(23)28(26-17-22(31)15-16-25(26)27)35-30(33)21-13-9-19(2)10-14-21/h3-17H,1-2H3. The first-order valence-corrected chi connectivity index (χ1v) is 11.5. The lowest BCUT2D eigenvalue weighted by Crippen LogP contribution is -2.11. The quantitative estimate of drug-likeness (QED) is 0.150. The van der Waals surface area contributed by atoms with Crippen LogP contribution in [-0.4, -0.2) is 11.9 Å². The van der Waals surface area contributed by atoms with Gasteiger partial charge in [0.2, 0.25) is 0 Å². The maximum absolute atomic E-state index is 13.0. The minimum Gasteiger partial charge on any atom is -0.422 e. The highest BCUT2D eigenvalue weighted by atomic mass is 35.5. The molecule has 0 fully saturated rings. The van der Waals surface area contributed by atoms with Crippen LogP contribution in [0.1, 0.15) is 31.8 Å². The summed E-state index contributed by atoms with van der Waals surface area (Å²) in [4.78, 5) is 26.1. The minimum atomic E-state index is -0.485. The first-order chi connectivity index (χ1) is 16.9. The molecule has 0 heterocycles. The number of hydrogen-bond donors (Lipinski definition) is 0. The van der Waals surface area contributed by atoms with E-state index < -0.39 is 11.9 Å². The van der Waals surface area contributed by atoms with Gasteiger partial charge < -0.3 is 9.47 Å². The third-order valence-corrected chi connectivity index (χ3v) is 6.09. The SMILES string of the molecule is Cc1ccc(C(=O)Oc2c3ccccc3c(OC(=O)c3ccc(C)cc3)c3cc(Cl)ccc23)cc1. The summed E-state index contributed by atoms with van der Waals surface area (Å²) in [5.74, 6) is -0.219. The number of fused-ring (bicyclic) bond motifs is 2. The van der Waals surface area contributed by atoms with E-state index in [1.165, 1.54) is 0 Å². The van der Waals surface area contributed by atoms with Gasteiger partial charge in [-0.15, -0.1) is 0 Å². The monoisotopic (exact) mass is 480 g/mol. The highest BCUT2D eigenvalue weighted by molar-refractivity contribution is 6.32. The molecule has 0 radical (unpaired) electrons. The average molecular weight is 481 g/mol. The Morgan fingerprint density at radius 3 is 1.49 bits per heavy atom. The van der Waals surface area contributed by atoms with Crippen molar-refractivity contribution in [3.63, 3.8) is 0 Å². The lowest BCUT2D eigenvalue weighted by Gasteiger charge is -2.17. The van der Waals surface area contributed by atoms with Crippen molar-refractivity contribution in [1.82, 2.24) is 0 Å². The predicted molar refractivity (Wildman–Crippen MR) is 139 cm³/mol. The molecule has 0 unspecified atom stereocenters. The van der Waals surface area contributed by atoms with Gasteiger partial charge in [0.25, 0.3) is 0 Å². The second kappa shape index (κ2) is 9.24. The van der Waals surface area contributed by atoms with Gasteiger partial charge in [-0.3, -0.25) is 0 Å². The largest absolute Gasteiger partial charge is 0.422 e. The van der Waals surface area contributed by atoms with Crippen LogP contribution in [0.3, 0.4) is 0 Å². The lowest BCUT2D eigenvalue weighted by molar-refractivity contribution is 0.0726. The Kier molecular flexibility index (Phi) is 5.98. The van der Waals surface area contributed by atoms with Gasteiger partial charge in [-0.1, -0.05) is 71.3 Å². The van der Waals surface area contributed by atoms with Crippen molar-refractivity contribution in [3.8, 4) is 11.5 Å². The third-order valence-electron chi connectivity index (χ3n) is 5.85. The van der Waals surface area contributed by atoms with Crippen LogP contribution in [0.5, 0.6) is 11.5 Å². The van der Waals surface area contributed by atoms with Crippen LogP contribution in [0.25, 0.3) is 21.5 Å². The number of hydrogen-bond acceptors (Lipinski definition) is 4. The van der Waals surface area contributed by atoms with Gasteiger partial charge in [0.15, 0.2) is 0 Å². The number of ether oxygens (including phenoxy) is 2. The molecule has 5 aromatic carbocycles. The Morgan fingerprint density at radius 2 is 1.00 bits per heavy atom. The maximum atomic E-state index is 13.0. The third kappa shape index (κ3) is 4.48. The fourth-order valence-corrected chi connectivity index (χ4v) is 4.15. The Bertz CT molecular complexity index is 1590. The zero-order valence-corrected chi connectivity index (χ0v) is 19.9. The fraction of sp³-hybridized carbons (Fsp3) is 0.0667. The molecular formula is C30H21ClO4. The molecule has 4 nitrogen and oxygen atoms in total. The summed E-state index contributed by atoms with van der Waals surface area (Å²) in [7, 11) is 0. The van der Waals surface area contributed by atoms with E-state index in [9.17, 15) is 9.59 Å². The van der Waals surface area contributed by atoms with Crippen molar-refractivity contribution >= 4 is 45.1 Å². The number of carbonyl (C=O) groups is 2. The summed E-state index contributed by atoms with van der Waals surface area (Å²) in [5.41, 5.74) is 2.97. The smallest absolute Gasteiger partial charge is 0.343 e. The second-order valence-electron chi connectivity index (χ2n) is 8.40. The van der Waals surface area contributed by atoms with Crippen LogP contribution < -0.4 is 9.47 Å². The molecule has 0 saturated carbocycles. The molecule has 35 heavy (non-hydrogen) atoms. The molecule has 0 aliphatic heterocycles. The summed E-state index contributed by atoms with van der Waals surface area (Å²) in [5, 5.41) is 2.93. The molecule has 5 aromatic rings. The number of carbonyl (C=O) groups excluding carboxylic acids is 2. The van der Waals surface area contributed by atoms with Gasteiger partial charge in [0, 0.05) is 26.6 Å². The van der Waals surface area contributed by atoms with Crippen LogP contribution in [0.2, 0.25) is 5.02 Å². The van der Waals surface area contributed by atoms with Gasteiger partial charge in [0.05, 0.1) is 11.1 Å². The molecule has 0 bridgehead atoms. The molecule has 0 spiro atoms. The van der Waals surface area contributed by atoms with E-state index in [0.29, 0.717) is 49.2 Å². The van der Waals surface area contributed by atoms with Crippen molar-refractivity contribution < 1.29 is 19.1 Å². The minimum absolute atomic E-state index is 0.360. The van der Waals surface area contributed by atoms with Crippen LogP contribution >= 0.6 is 11.6 Å². The summed E-state index contributed by atoms with van der Waals surface area (Å²) < 4.78 is 11.9. The highest BCUT2D eigenvalue weighted by Crippen LogP contribution is 2.44. The van der Waals surface area contributed by atoms with Crippen LogP contribution in [0.15, 0.2) is 91.0 Å². The van der Waals surface area contributed by atoms with Gasteiger partial charge in [-0.2, -0.15) is 0 Å². The van der Waals surface area contributed by atoms with Crippen LogP contribution in [0.4, 0.5) is 0 Å². The number of rotatable bonds is 4. The highest BCUT2D eigenvalue weighted by Gasteiger charge is 2.21. The van der Waals surface area contributed by atoms with E-state index in [-0.39, 0.29) is 0 Å². The Hall–Kier alpha value is -4.15. The van der Waals surface area contributed by atoms with Crippen LogP contribution in [0, 0.1) is 13.8 Å². The zero-order chi connectivity index (χ0) is 24.5. The molecule has 0 aliphatic rings. The summed E-state index contributed by atoms with van der Waals surface area (Å²) >= 11 is 6.33. The Labute approximate surface area is 207 Å². The summed E-state index contributed by atoms with van der Waals surface area (Å²) in [6.45, 7) is 3.91. The Morgan fingerprint density at radius 1 is 0.571 bits per heavy atom. The number of aryl methyl sites for hydroxylation is 2. The molecule has 0 aromatic heterocycles. The molecule has 5 heteroatoms. The van der Waals surface area contributed by atoms with Crippen LogP contribution in [-0.2, 0) is 0 Å². The number of benzene rings is 5. The van der Waals surface area contributed by atoms with Gasteiger partial charge in [-0.25, -0.2) is 9.59 Å². The van der Waals surface area contributed by atoms with Gasteiger partial charge >= 0.3 is 11.9 Å². The van der Waals surface area contributed by atoms with E-state index in [1.807, 2.05) is 62.4 Å². The van der Waals surface area contributed by atoms with Crippen molar-refractivity contribution in [2.75, 3.05) is 0 Å². The second-order valence-corrected chi connectivity index (χ2v) is 8.84. The summed E-state index contributed by atoms with van der Waals surface area (Å²) in [6.07, 6.45) is 0.